The van der Waals surface area contributed by atoms with Gasteiger partial charge in [0.05, 0.1) is 0 Å². The molecule has 2 amide bonds. The Balaban J connectivity index is 1.88. The first-order chi connectivity index (χ1) is 10.1. The van der Waals surface area contributed by atoms with Crippen molar-refractivity contribution in [3.8, 4) is 0 Å². The Morgan fingerprint density at radius 3 is 2.67 bits per heavy atom. The summed E-state index contributed by atoms with van der Waals surface area (Å²) in [5.74, 6) is -0.433. The highest BCUT2D eigenvalue weighted by Gasteiger charge is 2.24. The summed E-state index contributed by atoms with van der Waals surface area (Å²) in [6, 6.07) is 4.46. The molecule has 110 valence electrons. The number of H-pyrrole nitrogens is 1. The fraction of sp³-hybridized carbons (Fsp3) is 0.333. The van der Waals surface area contributed by atoms with Gasteiger partial charge in [-0.1, -0.05) is 0 Å². The summed E-state index contributed by atoms with van der Waals surface area (Å²) >= 11 is 0. The number of nitrogens with zero attached hydrogens (tertiary/aromatic N) is 2. The van der Waals surface area contributed by atoms with Crippen molar-refractivity contribution < 1.29 is 14.0 Å². The molecule has 1 N–H and O–H groups in total. The van der Waals surface area contributed by atoms with E-state index in [-0.39, 0.29) is 11.7 Å². The second kappa shape index (κ2) is 5.20. The van der Waals surface area contributed by atoms with Crippen LogP contribution in [-0.4, -0.2) is 53.3 Å². The van der Waals surface area contributed by atoms with Gasteiger partial charge >= 0.3 is 0 Å². The summed E-state index contributed by atoms with van der Waals surface area (Å²) in [4.78, 5) is 29.6. The van der Waals surface area contributed by atoms with Gasteiger partial charge in [-0.2, -0.15) is 0 Å². The van der Waals surface area contributed by atoms with Gasteiger partial charge in [-0.15, -0.1) is 0 Å². The van der Waals surface area contributed by atoms with E-state index in [9.17, 15) is 14.0 Å². The van der Waals surface area contributed by atoms with Crippen LogP contribution in [0, 0.1) is 12.7 Å². The van der Waals surface area contributed by atoms with Gasteiger partial charge in [-0.05, 0) is 30.7 Å². The fourth-order valence-electron chi connectivity index (χ4n) is 2.71. The lowest BCUT2D eigenvalue weighted by molar-refractivity contribution is -0.119. The third-order valence-electron chi connectivity index (χ3n) is 3.98. The number of aromatic amines is 1. The van der Waals surface area contributed by atoms with Gasteiger partial charge in [0.25, 0.3) is 5.91 Å². The van der Waals surface area contributed by atoms with E-state index in [0.29, 0.717) is 37.4 Å². The van der Waals surface area contributed by atoms with E-state index < -0.39 is 0 Å². The smallest absolute Gasteiger partial charge is 0.270 e. The standard InChI is InChI=1S/C15H16FN3O2/c1-10-12-3-2-11(16)8-13(12)17-14(10)15(21)19-6-4-18(9-20)5-7-19/h2-3,8-9,17H,4-7H2,1H3. The van der Waals surface area contributed by atoms with Crippen LogP contribution >= 0.6 is 0 Å². The third kappa shape index (κ3) is 2.37. The molecule has 21 heavy (non-hydrogen) atoms. The normalized spacial score (nSPS) is 15.5. The Hall–Kier alpha value is -2.37. The summed E-state index contributed by atoms with van der Waals surface area (Å²) in [6.07, 6.45) is 0.804. The van der Waals surface area contributed by atoms with Crippen LogP contribution in [0.4, 0.5) is 4.39 Å². The predicted octanol–water partition coefficient (Wildman–Crippen LogP) is 1.53. The SMILES string of the molecule is Cc1c(C(=O)N2CCN(C=O)CC2)[nH]c2cc(F)ccc12. The first kappa shape index (κ1) is 13.6. The topological polar surface area (TPSA) is 56.4 Å². The molecule has 2 heterocycles. The molecule has 0 aliphatic carbocycles. The molecule has 1 aliphatic heterocycles. The minimum Gasteiger partial charge on any atom is -0.350 e. The molecule has 5 nitrogen and oxygen atoms in total. The number of piperazine rings is 1. The van der Waals surface area contributed by atoms with Crippen LogP contribution in [0.15, 0.2) is 18.2 Å². The van der Waals surface area contributed by atoms with Crippen molar-refractivity contribution in [2.75, 3.05) is 26.2 Å². The van der Waals surface area contributed by atoms with E-state index in [0.717, 1.165) is 17.4 Å². The maximum absolute atomic E-state index is 13.3. The Kier molecular flexibility index (Phi) is 3.37. The summed E-state index contributed by atoms with van der Waals surface area (Å²) < 4.78 is 13.3. The fourth-order valence-corrected chi connectivity index (χ4v) is 2.71. The summed E-state index contributed by atoms with van der Waals surface area (Å²) in [5, 5.41) is 0.853. The number of fused-ring (bicyclic) bond motifs is 1. The largest absolute Gasteiger partial charge is 0.350 e. The van der Waals surface area contributed by atoms with E-state index in [4.69, 9.17) is 0 Å². The molecule has 0 radical (unpaired) electrons. The number of aromatic nitrogens is 1. The number of nitrogens with one attached hydrogen (secondary N) is 1. The van der Waals surface area contributed by atoms with Crippen molar-refractivity contribution in [1.29, 1.82) is 0 Å². The molecule has 0 bridgehead atoms. The minimum absolute atomic E-state index is 0.102. The second-order valence-corrected chi connectivity index (χ2v) is 5.25. The number of rotatable bonds is 2. The van der Waals surface area contributed by atoms with Crippen molar-refractivity contribution in [2.45, 2.75) is 6.92 Å². The van der Waals surface area contributed by atoms with Gasteiger partial charge < -0.3 is 14.8 Å². The molecule has 1 fully saturated rings. The van der Waals surface area contributed by atoms with Crippen molar-refractivity contribution in [3.63, 3.8) is 0 Å². The van der Waals surface area contributed by atoms with Crippen LogP contribution < -0.4 is 0 Å². The predicted molar refractivity (Wildman–Crippen MR) is 76.5 cm³/mol. The van der Waals surface area contributed by atoms with Gasteiger partial charge in [0.1, 0.15) is 11.5 Å². The van der Waals surface area contributed by atoms with E-state index in [1.807, 2.05) is 6.92 Å². The summed E-state index contributed by atoms with van der Waals surface area (Å²) in [6.45, 7) is 3.97. The highest BCUT2D eigenvalue weighted by atomic mass is 19.1. The Bertz CT molecular complexity index is 702. The maximum Gasteiger partial charge on any atom is 0.270 e. The van der Waals surface area contributed by atoms with Gasteiger partial charge in [-0.3, -0.25) is 9.59 Å². The quantitative estimate of drug-likeness (QED) is 0.852. The van der Waals surface area contributed by atoms with Gasteiger partial charge in [0, 0.05) is 37.1 Å². The lowest BCUT2D eigenvalue weighted by atomic mass is 10.1. The zero-order valence-electron chi connectivity index (χ0n) is 11.7. The van der Waals surface area contributed by atoms with Crippen molar-refractivity contribution >= 4 is 23.2 Å². The average molecular weight is 289 g/mol. The molecule has 3 rings (SSSR count). The van der Waals surface area contributed by atoms with E-state index >= 15 is 0 Å². The van der Waals surface area contributed by atoms with Crippen LogP contribution in [0.5, 0.6) is 0 Å². The highest BCUT2D eigenvalue weighted by Crippen LogP contribution is 2.23. The number of hydrogen-bond acceptors (Lipinski definition) is 2. The van der Waals surface area contributed by atoms with Crippen molar-refractivity contribution in [2.24, 2.45) is 0 Å². The molecule has 1 aliphatic rings. The number of carbonyl (C=O) groups is 2. The Labute approximate surface area is 121 Å². The number of halogens is 1. The first-order valence-electron chi connectivity index (χ1n) is 6.86. The Morgan fingerprint density at radius 2 is 2.00 bits per heavy atom. The molecule has 0 atom stereocenters. The van der Waals surface area contributed by atoms with E-state index in [1.54, 1.807) is 15.9 Å². The molecular weight excluding hydrogens is 273 g/mol. The van der Waals surface area contributed by atoms with Crippen LogP contribution in [0.25, 0.3) is 10.9 Å². The molecular formula is C15H16FN3O2. The number of aryl methyl sites for hydroxylation is 1. The van der Waals surface area contributed by atoms with Gasteiger partial charge in [0.2, 0.25) is 6.41 Å². The van der Waals surface area contributed by atoms with Gasteiger partial charge in [0.15, 0.2) is 0 Å². The molecule has 1 aromatic heterocycles. The van der Waals surface area contributed by atoms with Crippen LogP contribution in [0.1, 0.15) is 16.1 Å². The summed E-state index contributed by atoms with van der Waals surface area (Å²) in [7, 11) is 0. The van der Waals surface area contributed by atoms with Crippen LogP contribution in [0.3, 0.4) is 0 Å². The number of benzene rings is 1. The maximum atomic E-state index is 13.3. The molecule has 6 heteroatoms. The van der Waals surface area contributed by atoms with E-state index in [2.05, 4.69) is 4.98 Å². The molecule has 1 saturated heterocycles. The second-order valence-electron chi connectivity index (χ2n) is 5.25. The minimum atomic E-state index is -0.331. The highest BCUT2D eigenvalue weighted by molar-refractivity contribution is 6.01. The zero-order chi connectivity index (χ0) is 15.0. The van der Waals surface area contributed by atoms with Crippen molar-refractivity contribution in [1.82, 2.24) is 14.8 Å². The molecule has 2 aromatic rings. The molecule has 0 saturated carbocycles. The van der Waals surface area contributed by atoms with E-state index in [1.165, 1.54) is 12.1 Å². The van der Waals surface area contributed by atoms with Gasteiger partial charge in [-0.25, -0.2) is 4.39 Å². The molecule has 0 spiro atoms. The third-order valence-corrected chi connectivity index (χ3v) is 3.98. The summed E-state index contributed by atoms with van der Waals surface area (Å²) in [5.41, 5.74) is 1.95. The Morgan fingerprint density at radius 1 is 1.29 bits per heavy atom. The number of carbonyl (C=O) groups excluding carboxylic acids is 2. The monoisotopic (exact) mass is 289 g/mol. The number of hydrogen-bond donors (Lipinski definition) is 1. The zero-order valence-corrected chi connectivity index (χ0v) is 11.7. The van der Waals surface area contributed by atoms with Crippen LogP contribution in [0.2, 0.25) is 0 Å². The lowest BCUT2D eigenvalue weighted by Crippen LogP contribution is -2.48. The molecule has 1 aromatic carbocycles. The average Bonchev–Trinajstić information content (AvgIpc) is 2.83. The van der Waals surface area contributed by atoms with Crippen LogP contribution in [-0.2, 0) is 4.79 Å². The molecule has 0 unspecified atom stereocenters. The van der Waals surface area contributed by atoms with Crippen molar-refractivity contribution in [3.05, 3.63) is 35.3 Å². The lowest BCUT2D eigenvalue weighted by Gasteiger charge is -2.32. The first-order valence-corrected chi connectivity index (χ1v) is 6.86. The number of amides is 2.